The Balaban J connectivity index is 4.48. The fourth-order valence-electron chi connectivity index (χ4n) is 6.29. The van der Waals surface area contributed by atoms with Crippen molar-refractivity contribution in [2.45, 2.75) is 205 Å². The van der Waals surface area contributed by atoms with Gasteiger partial charge in [0.2, 0.25) is 0 Å². The lowest BCUT2D eigenvalue weighted by Gasteiger charge is -2.20. The van der Waals surface area contributed by atoms with Gasteiger partial charge in [-0.25, -0.2) is 4.57 Å². The lowest BCUT2D eigenvalue weighted by molar-refractivity contribution is -0.161. The predicted molar refractivity (Wildman–Crippen MR) is 255 cm³/mol. The van der Waals surface area contributed by atoms with Gasteiger partial charge in [-0.3, -0.25) is 23.4 Å². The number of nitrogens with two attached hydrogens (primary N) is 1. The molecule has 2 unspecified atom stereocenters. The number of aliphatic hydroxyl groups is 1. The molecule has 0 radical (unpaired) electrons. The van der Waals surface area contributed by atoms with Crippen LogP contribution >= 0.6 is 7.82 Å². The van der Waals surface area contributed by atoms with Crippen LogP contribution in [0.15, 0.2) is 72.9 Å². The van der Waals surface area contributed by atoms with E-state index in [1.165, 1.54) is 96.3 Å². The Labute approximate surface area is 381 Å². The average molecular weight is 908 g/mol. The number of carboxylic acids is 1. The SMILES string of the molecule is CC/C=C\C/C=C\C/C=C\C/C=C\C=C/C(O)C/C=C\CCC(=O)OC[C@H](COP(=O)(O)OC[C@H](N)C(=O)O)OC(=O)CCCCCCCCCCCCCCCCCCCCC. The Kier molecular flexibility index (Phi) is 41.9. The molecule has 0 aromatic rings. The molecule has 5 N–H and O–H groups in total. The second kappa shape index (κ2) is 44.1. The first-order valence-corrected chi connectivity index (χ1v) is 25.6. The molecule has 0 heterocycles. The Hall–Kier alpha value is -3.12. The second-order valence-corrected chi connectivity index (χ2v) is 17.5. The molecule has 0 amide bonds. The summed E-state index contributed by atoms with van der Waals surface area (Å²) in [5, 5.41) is 19.1. The van der Waals surface area contributed by atoms with E-state index in [4.69, 9.17) is 24.8 Å². The monoisotopic (exact) mass is 908 g/mol. The molecule has 0 aliphatic rings. The summed E-state index contributed by atoms with van der Waals surface area (Å²) in [6.45, 7) is 2.53. The van der Waals surface area contributed by atoms with E-state index in [-0.39, 0.29) is 12.8 Å². The van der Waals surface area contributed by atoms with Gasteiger partial charge in [-0.15, -0.1) is 0 Å². The highest BCUT2D eigenvalue weighted by atomic mass is 31.2. The van der Waals surface area contributed by atoms with Crippen LogP contribution in [-0.2, 0) is 37.5 Å². The molecule has 0 aromatic carbocycles. The molecule has 0 spiro atoms. The second-order valence-electron chi connectivity index (χ2n) is 16.1. The number of hydrogen-bond acceptors (Lipinski definition) is 10. The largest absolute Gasteiger partial charge is 0.480 e. The average Bonchev–Trinajstić information content (AvgIpc) is 3.26. The summed E-state index contributed by atoms with van der Waals surface area (Å²) < 4.78 is 32.6. The van der Waals surface area contributed by atoms with Crippen LogP contribution in [0, 0.1) is 0 Å². The van der Waals surface area contributed by atoms with Gasteiger partial charge in [0, 0.05) is 12.8 Å². The van der Waals surface area contributed by atoms with Crippen LogP contribution in [0.3, 0.4) is 0 Å². The minimum absolute atomic E-state index is 0.0138. The molecule has 12 nitrogen and oxygen atoms in total. The number of aliphatic hydroxyl groups excluding tert-OH is 1. The zero-order valence-corrected chi connectivity index (χ0v) is 39.9. The Morgan fingerprint density at radius 2 is 1.08 bits per heavy atom. The van der Waals surface area contributed by atoms with E-state index < -0.39 is 63.8 Å². The summed E-state index contributed by atoms with van der Waals surface area (Å²) in [6, 6.07) is -1.55. The maximum Gasteiger partial charge on any atom is 0.472 e. The maximum atomic E-state index is 12.7. The quantitative estimate of drug-likeness (QED) is 0.0149. The predicted octanol–water partition coefficient (Wildman–Crippen LogP) is 12.3. The van der Waals surface area contributed by atoms with Gasteiger partial charge in [-0.2, -0.15) is 0 Å². The van der Waals surface area contributed by atoms with E-state index in [1.54, 1.807) is 24.3 Å². The molecule has 0 bridgehead atoms. The van der Waals surface area contributed by atoms with E-state index in [9.17, 15) is 28.9 Å². The number of ether oxygens (including phenoxy) is 2. The fourth-order valence-corrected chi connectivity index (χ4v) is 7.07. The summed E-state index contributed by atoms with van der Waals surface area (Å²) in [4.78, 5) is 46.1. The van der Waals surface area contributed by atoms with Gasteiger partial charge in [0.15, 0.2) is 6.10 Å². The molecule has 0 aliphatic heterocycles. The molecule has 4 atom stereocenters. The number of phosphoric acid groups is 1. The minimum Gasteiger partial charge on any atom is -0.480 e. The number of phosphoric ester groups is 1. The zero-order valence-electron chi connectivity index (χ0n) is 39.0. The van der Waals surface area contributed by atoms with E-state index in [1.807, 2.05) is 12.2 Å². The van der Waals surface area contributed by atoms with Crippen molar-refractivity contribution in [1.82, 2.24) is 0 Å². The van der Waals surface area contributed by atoms with Crippen LogP contribution in [0.1, 0.15) is 187 Å². The summed E-state index contributed by atoms with van der Waals surface area (Å²) in [7, 11) is -4.76. The highest BCUT2D eigenvalue weighted by Gasteiger charge is 2.28. The van der Waals surface area contributed by atoms with Crippen LogP contribution in [0.2, 0.25) is 0 Å². The number of esters is 2. The molecule has 0 saturated heterocycles. The number of rotatable bonds is 44. The number of aliphatic carboxylic acids is 1. The van der Waals surface area contributed by atoms with Crippen molar-refractivity contribution in [3.63, 3.8) is 0 Å². The van der Waals surface area contributed by atoms with E-state index in [0.29, 0.717) is 19.3 Å². The molecule has 0 aliphatic carbocycles. The zero-order chi connectivity index (χ0) is 46.5. The lowest BCUT2D eigenvalue weighted by Crippen LogP contribution is -2.34. The Morgan fingerprint density at radius 1 is 0.587 bits per heavy atom. The van der Waals surface area contributed by atoms with Gasteiger partial charge in [0.25, 0.3) is 0 Å². The number of hydrogen-bond donors (Lipinski definition) is 4. The van der Waals surface area contributed by atoms with Gasteiger partial charge in [0.05, 0.1) is 19.3 Å². The molecular weight excluding hydrogens is 822 g/mol. The lowest BCUT2D eigenvalue weighted by atomic mass is 10.0. The maximum absolute atomic E-state index is 12.7. The first kappa shape index (κ1) is 59.9. The molecule has 0 rings (SSSR count). The first-order chi connectivity index (χ1) is 30.5. The number of carbonyl (C=O) groups is 3. The summed E-state index contributed by atoms with van der Waals surface area (Å²) in [6.07, 6.45) is 50.0. The molecule has 63 heavy (non-hydrogen) atoms. The third kappa shape index (κ3) is 43.9. The molecule has 13 heteroatoms. The van der Waals surface area contributed by atoms with Crippen molar-refractivity contribution in [1.29, 1.82) is 0 Å². The minimum atomic E-state index is -4.76. The molecular formula is C50H86NO11P. The number of unbranched alkanes of at least 4 members (excludes halogenated alkanes) is 18. The van der Waals surface area contributed by atoms with Gasteiger partial charge < -0.3 is 30.3 Å². The van der Waals surface area contributed by atoms with E-state index in [0.717, 1.165) is 44.9 Å². The van der Waals surface area contributed by atoms with Gasteiger partial charge in [0.1, 0.15) is 12.6 Å². The van der Waals surface area contributed by atoms with E-state index >= 15 is 0 Å². The van der Waals surface area contributed by atoms with Crippen LogP contribution < -0.4 is 5.73 Å². The van der Waals surface area contributed by atoms with Gasteiger partial charge in [-0.1, -0.05) is 202 Å². The van der Waals surface area contributed by atoms with Crippen LogP contribution in [0.4, 0.5) is 0 Å². The highest BCUT2D eigenvalue weighted by molar-refractivity contribution is 7.47. The fraction of sp³-hybridized carbons (Fsp3) is 0.700. The first-order valence-electron chi connectivity index (χ1n) is 24.1. The van der Waals surface area contributed by atoms with Crippen molar-refractivity contribution >= 4 is 25.7 Å². The Morgan fingerprint density at radius 3 is 1.60 bits per heavy atom. The van der Waals surface area contributed by atoms with Crippen molar-refractivity contribution < 1.29 is 52.6 Å². The molecule has 0 fully saturated rings. The normalized spacial score (nSPS) is 14.7. The number of carbonyl (C=O) groups excluding carboxylic acids is 2. The summed E-state index contributed by atoms with van der Waals surface area (Å²) >= 11 is 0. The van der Waals surface area contributed by atoms with Crippen molar-refractivity contribution in [3.05, 3.63) is 72.9 Å². The molecule has 0 saturated carbocycles. The standard InChI is InChI=1S/C50H86NO11P/c1-3-5-7-9-11-13-15-17-18-19-20-21-22-24-26-28-30-32-36-41-49(54)62-46(43-60-63(57,58)61-44-47(51)50(55)56)42-59-48(53)40-37-33-35-39-45(52)38-34-31-29-27-25-23-16-14-12-10-8-6-4-2/h6,8,12,14,23,25,29,31,33-35,38,45-47,52H,3-5,7,9-11,13,15-22,24,26-28,30,32,36-37,39-44,51H2,1-2H3,(H,55,56)(H,57,58)/b8-6-,14-12-,25-23-,31-29-,35-33-,38-34-/t45?,46-,47+/m1/s1. The number of allylic oxidation sites excluding steroid dienone is 10. The van der Waals surface area contributed by atoms with Crippen molar-refractivity contribution in [2.75, 3.05) is 19.8 Å². The van der Waals surface area contributed by atoms with E-state index in [2.05, 4.69) is 54.8 Å². The topological polar surface area (TPSA) is 192 Å². The van der Waals surface area contributed by atoms with Crippen molar-refractivity contribution in [3.8, 4) is 0 Å². The van der Waals surface area contributed by atoms with Gasteiger partial charge >= 0.3 is 25.7 Å². The van der Waals surface area contributed by atoms with Gasteiger partial charge in [-0.05, 0) is 44.9 Å². The molecule has 362 valence electrons. The highest BCUT2D eigenvalue weighted by Crippen LogP contribution is 2.43. The summed E-state index contributed by atoms with van der Waals surface area (Å²) in [5.74, 6) is -2.58. The Bertz CT molecular complexity index is 1360. The third-order valence-corrected chi connectivity index (χ3v) is 11.0. The summed E-state index contributed by atoms with van der Waals surface area (Å²) in [5.41, 5.74) is 5.33. The number of carboxylic acid groups (broad SMARTS) is 1. The smallest absolute Gasteiger partial charge is 0.472 e. The van der Waals surface area contributed by atoms with Crippen LogP contribution in [0.5, 0.6) is 0 Å². The molecule has 0 aromatic heterocycles. The van der Waals surface area contributed by atoms with Crippen molar-refractivity contribution in [2.24, 2.45) is 5.73 Å². The third-order valence-electron chi connectivity index (χ3n) is 10.1. The van der Waals surface area contributed by atoms with Crippen LogP contribution in [-0.4, -0.2) is 71.1 Å². The van der Waals surface area contributed by atoms with Crippen LogP contribution in [0.25, 0.3) is 0 Å².